The number of aryl methyl sites for hydroxylation is 1. The van der Waals surface area contributed by atoms with Crippen LogP contribution in [0.15, 0.2) is 42.7 Å². The first-order chi connectivity index (χ1) is 11.3. The van der Waals surface area contributed by atoms with Crippen LogP contribution in [0.4, 0.5) is 0 Å². The molecule has 0 unspecified atom stereocenters. The fraction of sp³-hybridized carbons (Fsp3) is 0.571. The zero-order chi connectivity index (χ0) is 16.3. The predicted octanol–water partition coefficient (Wildman–Crippen LogP) is 2.14. The zero-order valence-corrected chi connectivity index (χ0v) is 16.1. The van der Waals surface area contributed by atoms with Gasteiger partial charge in [0, 0.05) is 6.42 Å². The molecule has 0 aliphatic carbocycles. The molecule has 0 N–H and O–H groups in total. The summed E-state index contributed by atoms with van der Waals surface area (Å²) in [5, 5.41) is 0. The van der Waals surface area contributed by atoms with Crippen LogP contribution in [0.25, 0.3) is 0 Å². The van der Waals surface area contributed by atoms with E-state index < -0.39 is 0 Å². The standard InChI is InChI=1S/C21H33N2.ClH/c1-3-5-7-8-12-15-21-22(16-6-4-2)17-18-23(21)19-20-13-10-9-11-14-20;/h9-11,13-14,17-18H,3-8,12,15-16,19H2,1-2H3;1H/q+1;/p-1. The van der Waals surface area contributed by atoms with Crippen LogP contribution in [-0.4, -0.2) is 4.57 Å². The third-order valence-corrected chi connectivity index (χ3v) is 4.54. The van der Waals surface area contributed by atoms with E-state index in [0.717, 1.165) is 13.1 Å². The third kappa shape index (κ3) is 6.68. The van der Waals surface area contributed by atoms with Gasteiger partial charge in [-0.3, -0.25) is 0 Å². The van der Waals surface area contributed by atoms with Gasteiger partial charge >= 0.3 is 0 Å². The molecule has 0 spiro atoms. The first-order valence-electron chi connectivity index (χ1n) is 9.46. The molecular formula is C21H33ClN2. The van der Waals surface area contributed by atoms with Crippen LogP contribution in [0.2, 0.25) is 0 Å². The summed E-state index contributed by atoms with van der Waals surface area (Å²) in [7, 11) is 0. The Morgan fingerprint density at radius 3 is 2.29 bits per heavy atom. The number of aromatic nitrogens is 2. The van der Waals surface area contributed by atoms with Gasteiger partial charge in [0.2, 0.25) is 0 Å². The maximum Gasteiger partial charge on any atom is 0.256 e. The van der Waals surface area contributed by atoms with Crippen LogP contribution in [0.5, 0.6) is 0 Å². The van der Waals surface area contributed by atoms with Gasteiger partial charge in [-0.25, -0.2) is 9.13 Å². The fourth-order valence-electron chi connectivity index (χ4n) is 3.13. The topological polar surface area (TPSA) is 8.81 Å². The van der Waals surface area contributed by atoms with Crippen LogP contribution < -0.4 is 17.0 Å². The molecule has 3 heteroatoms. The Kier molecular flexibility index (Phi) is 10.5. The molecule has 1 heterocycles. The Morgan fingerprint density at radius 2 is 1.58 bits per heavy atom. The Balaban J connectivity index is 0.00000288. The Hall–Kier alpha value is -1.28. The summed E-state index contributed by atoms with van der Waals surface area (Å²) >= 11 is 0. The van der Waals surface area contributed by atoms with Crippen molar-refractivity contribution in [1.29, 1.82) is 0 Å². The SMILES string of the molecule is CCCCCCCc1n(Cc2ccccc2)cc[n+]1CCCC.[Cl-]. The van der Waals surface area contributed by atoms with Crippen LogP contribution in [0.3, 0.4) is 0 Å². The van der Waals surface area contributed by atoms with E-state index >= 15 is 0 Å². The van der Waals surface area contributed by atoms with Crippen LogP contribution in [0, 0.1) is 0 Å². The molecule has 0 aliphatic heterocycles. The molecule has 134 valence electrons. The molecule has 0 saturated heterocycles. The van der Waals surface area contributed by atoms with E-state index in [1.54, 1.807) is 0 Å². The van der Waals surface area contributed by atoms with Crippen molar-refractivity contribution in [2.24, 2.45) is 0 Å². The highest BCUT2D eigenvalue weighted by atomic mass is 35.5. The zero-order valence-electron chi connectivity index (χ0n) is 15.4. The van der Waals surface area contributed by atoms with Gasteiger partial charge in [-0.15, -0.1) is 0 Å². The van der Waals surface area contributed by atoms with Gasteiger partial charge in [0.25, 0.3) is 5.82 Å². The molecule has 2 nitrogen and oxygen atoms in total. The van der Waals surface area contributed by atoms with Gasteiger partial charge in [-0.1, -0.05) is 76.3 Å². The minimum absolute atomic E-state index is 0. The van der Waals surface area contributed by atoms with Crippen LogP contribution in [-0.2, 0) is 19.5 Å². The van der Waals surface area contributed by atoms with Crippen molar-refractivity contribution < 1.29 is 17.0 Å². The van der Waals surface area contributed by atoms with Crippen molar-refractivity contribution in [3.05, 3.63) is 54.1 Å². The summed E-state index contributed by atoms with van der Waals surface area (Å²) in [4.78, 5) is 0. The predicted molar refractivity (Wildman–Crippen MR) is 97.5 cm³/mol. The highest BCUT2D eigenvalue weighted by molar-refractivity contribution is 5.15. The molecule has 2 aromatic rings. The van der Waals surface area contributed by atoms with Gasteiger partial charge in [0.05, 0.1) is 6.54 Å². The molecule has 0 saturated carbocycles. The van der Waals surface area contributed by atoms with E-state index in [4.69, 9.17) is 0 Å². The second kappa shape index (κ2) is 12.1. The van der Waals surface area contributed by atoms with Gasteiger partial charge < -0.3 is 12.4 Å². The average Bonchev–Trinajstić information content (AvgIpc) is 2.95. The van der Waals surface area contributed by atoms with E-state index in [1.807, 2.05) is 0 Å². The van der Waals surface area contributed by atoms with Gasteiger partial charge in [-0.2, -0.15) is 0 Å². The number of imidazole rings is 1. The first kappa shape index (κ1) is 20.8. The lowest BCUT2D eigenvalue weighted by Gasteiger charge is -2.06. The minimum Gasteiger partial charge on any atom is -1.00 e. The van der Waals surface area contributed by atoms with Crippen molar-refractivity contribution >= 4 is 0 Å². The maximum atomic E-state index is 2.48. The summed E-state index contributed by atoms with van der Waals surface area (Å²) in [6.07, 6.45) is 15.0. The first-order valence-corrected chi connectivity index (χ1v) is 9.46. The highest BCUT2D eigenvalue weighted by Crippen LogP contribution is 2.10. The summed E-state index contributed by atoms with van der Waals surface area (Å²) in [6.45, 7) is 6.70. The lowest BCUT2D eigenvalue weighted by atomic mass is 10.1. The van der Waals surface area contributed by atoms with Crippen molar-refractivity contribution in [2.45, 2.75) is 78.3 Å². The van der Waals surface area contributed by atoms with Crippen molar-refractivity contribution in [3.8, 4) is 0 Å². The number of unbranched alkanes of at least 4 members (excludes halogenated alkanes) is 5. The smallest absolute Gasteiger partial charge is 0.256 e. The fourth-order valence-corrected chi connectivity index (χ4v) is 3.13. The van der Waals surface area contributed by atoms with Crippen molar-refractivity contribution in [1.82, 2.24) is 4.57 Å². The second-order valence-electron chi connectivity index (χ2n) is 6.54. The van der Waals surface area contributed by atoms with E-state index in [2.05, 4.69) is 65.7 Å². The molecule has 0 atom stereocenters. The molecule has 0 aliphatic rings. The maximum absolute atomic E-state index is 2.48. The monoisotopic (exact) mass is 348 g/mol. The van der Waals surface area contributed by atoms with Gasteiger partial charge in [0.15, 0.2) is 0 Å². The Bertz CT molecular complexity index is 548. The Morgan fingerprint density at radius 1 is 0.875 bits per heavy atom. The molecule has 2 rings (SSSR count). The minimum atomic E-state index is 0. The van der Waals surface area contributed by atoms with E-state index in [1.165, 1.54) is 62.8 Å². The number of benzene rings is 1. The van der Waals surface area contributed by atoms with Crippen molar-refractivity contribution in [2.75, 3.05) is 0 Å². The molecular weight excluding hydrogens is 316 g/mol. The normalized spacial score (nSPS) is 10.6. The third-order valence-electron chi connectivity index (χ3n) is 4.54. The Labute approximate surface area is 154 Å². The molecule has 0 amide bonds. The number of hydrogen-bond acceptors (Lipinski definition) is 0. The molecule has 1 aromatic carbocycles. The van der Waals surface area contributed by atoms with Crippen molar-refractivity contribution in [3.63, 3.8) is 0 Å². The van der Waals surface area contributed by atoms with E-state index in [0.29, 0.717) is 0 Å². The van der Waals surface area contributed by atoms with Crippen LogP contribution in [0.1, 0.15) is 70.2 Å². The number of nitrogens with zero attached hydrogens (tertiary/aromatic N) is 2. The number of rotatable bonds is 11. The molecule has 0 radical (unpaired) electrons. The molecule has 24 heavy (non-hydrogen) atoms. The second-order valence-corrected chi connectivity index (χ2v) is 6.54. The number of hydrogen-bond donors (Lipinski definition) is 0. The lowest BCUT2D eigenvalue weighted by molar-refractivity contribution is -0.704. The molecule has 0 fully saturated rings. The average molecular weight is 349 g/mol. The molecule has 1 aromatic heterocycles. The summed E-state index contributed by atoms with van der Waals surface area (Å²) in [6, 6.07) is 10.8. The summed E-state index contributed by atoms with van der Waals surface area (Å²) in [5.74, 6) is 1.50. The van der Waals surface area contributed by atoms with Gasteiger partial charge in [-0.05, 0) is 18.4 Å². The van der Waals surface area contributed by atoms with E-state index in [-0.39, 0.29) is 12.4 Å². The van der Waals surface area contributed by atoms with Crippen LogP contribution >= 0.6 is 0 Å². The quantitative estimate of drug-likeness (QED) is 0.434. The number of halogens is 1. The molecule has 0 bridgehead atoms. The summed E-state index contributed by atoms with van der Waals surface area (Å²) in [5.41, 5.74) is 1.39. The highest BCUT2D eigenvalue weighted by Gasteiger charge is 2.16. The largest absolute Gasteiger partial charge is 1.00 e. The van der Waals surface area contributed by atoms with Gasteiger partial charge in [0.1, 0.15) is 18.9 Å². The lowest BCUT2D eigenvalue weighted by Crippen LogP contribution is -3.00. The summed E-state index contributed by atoms with van der Waals surface area (Å²) < 4.78 is 4.93. The van der Waals surface area contributed by atoms with E-state index in [9.17, 15) is 0 Å².